The molecule has 0 fully saturated rings. The number of alkyl halides is 6. The predicted octanol–water partition coefficient (Wildman–Crippen LogP) is 3.37. The second kappa shape index (κ2) is 4.90. The van der Waals surface area contributed by atoms with E-state index in [-0.39, 0.29) is 5.56 Å². The highest BCUT2D eigenvalue weighted by Crippen LogP contribution is 2.42. The normalized spacial score (nSPS) is 15.8. The number of nitrogens with zero attached hydrogens (tertiary/aromatic N) is 1. The number of allylic oxidation sites excluding steroid dienone is 1. The fourth-order valence-corrected chi connectivity index (χ4v) is 1.60. The van der Waals surface area contributed by atoms with Crippen LogP contribution >= 0.6 is 0 Å². The molecular weight excluding hydrogens is 304 g/mol. The van der Waals surface area contributed by atoms with E-state index in [9.17, 15) is 31.1 Å². The summed E-state index contributed by atoms with van der Waals surface area (Å²) in [6.45, 7) is 0. The van der Waals surface area contributed by atoms with Gasteiger partial charge in [0, 0.05) is 5.56 Å². The molecule has 1 aliphatic rings. The van der Waals surface area contributed by atoms with E-state index in [1.165, 1.54) is 24.3 Å². The maximum atomic E-state index is 12.5. The summed E-state index contributed by atoms with van der Waals surface area (Å²) in [5, 5.41) is 0. The lowest BCUT2D eigenvalue weighted by molar-refractivity contribution is -0.174. The molecule has 1 aliphatic heterocycles. The van der Waals surface area contributed by atoms with Gasteiger partial charge < -0.3 is 4.74 Å². The number of esters is 1. The van der Waals surface area contributed by atoms with Crippen molar-refractivity contribution in [2.45, 2.75) is 12.4 Å². The third-order valence-corrected chi connectivity index (χ3v) is 2.42. The van der Waals surface area contributed by atoms with Gasteiger partial charge in [0.2, 0.25) is 5.90 Å². The quantitative estimate of drug-likeness (QED) is 0.453. The maximum Gasteiger partial charge on any atom is 0.423 e. The van der Waals surface area contributed by atoms with Crippen molar-refractivity contribution in [3.63, 3.8) is 0 Å². The first-order chi connectivity index (χ1) is 9.60. The Balaban J connectivity index is 2.59. The number of hydrogen-bond acceptors (Lipinski definition) is 3. The van der Waals surface area contributed by atoms with Gasteiger partial charge in [-0.15, -0.1) is 0 Å². The number of carbonyl (C=O) groups excluding carboxylic acids is 1. The van der Waals surface area contributed by atoms with Crippen molar-refractivity contribution in [3.05, 3.63) is 47.2 Å². The van der Waals surface area contributed by atoms with E-state index in [1.807, 2.05) is 0 Å². The second-order valence-corrected chi connectivity index (χ2v) is 3.89. The Hall–Kier alpha value is -2.32. The second-order valence-electron chi connectivity index (χ2n) is 3.89. The monoisotopic (exact) mass is 309 g/mol. The van der Waals surface area contributed by atoms with Crippen molar-refractivity contribution in [1.29, 1.82) is 0 Å². The van der Waals surface area contributed by atoms with E-state index in [4.69, 9.17) is 0 Å². The molecule has 1 heterocycles. The lowest BCUT2D eigenvalue weighted by Crippen LogP contribution is -2.29. The number of ether oxygens (including phenoxy) is 1. The van der Waals surface area contributed by atoms with E-state index in [2.05, 4.69) is 9.73 Å². The number of halogens is 6. The van der Waals surface area contributed by atoms with E-state index >= 15 is 0 Å². The fourth-order valence-electron chi connectivity index (χ4n) is 1.60. The summed E-state index contributed by atoms with van der Waals surface area (Å²) in [6, 6.07) is 7.14. The Morgan fingerprint density at radius 2 is 1.48 bits per heavy atom. The van der Waals surface area contributed by atoms with Crippen LogP contribution in [-0.2, 0) is 9.53 Å². The van der Waals surface area contributed by atoms with Crippen LogP contribution in [-0.4, -0.2) is 24.2 Å². The zero-order valence-corrected chi connectivity index (χ0v) is 9.92. The summed E-state index contributed by atoms with van der Waals surface area (Å²) in [6.07, 6.45) is -11.6. The summed E-state index contributed by atoms with van der Waals surface area (Å²) in [4.78, 5) is 14.4. The zero-order chi connectivity index (χ0) is 15.8. The largest absolute Gasteiger partial charge is 0.423 e. The van der Waals surface area contributed by atoms with E-state index in [0.29, 0.717) is 0 Å². The van der Waals surface area contributed by atoms with Gasteiger partial charge in [0.15, 0.2) is 11.3 Å². The van der Waals surface area contributed by atoms with Crippen molar-refractivity contribution < 1.29 is 35.9 Å². The molecule has 3 nitrogen and oxygen atoms in total. The summed E-state index contributed by atoms with van der Waals surface area (Å²) >= 11 is 0. The highest BCUT2D eigenvalue weighted by Gasteiger charge is 2.55. The predicted molar refractivity (Wildman–Crippen MR) is 58.2 cm³/mol. The molecule has 21 heavy (non-hydrogen) atoms. The Labute approximate surface area is 113 Å². The molecule has 0 spiro atoms. The van der Waals surface area contributed by atoms with Gasteiger partial charge in [0.1, 0.15) is 0 Å². The van der Waals surface area contributed by atoms with Gasteiger partial charge in [-0.1, -0.05) is 18.2 Å². The van der Waals surface area contributed by atoms with Crippen LogP contribution in [0.5, 0.6) is 0 Å². The first kappa shape index (κ1) is 15.1. The molecule has 0 amide bonds. The van der Waals surface area contributed by atoms with E-state index < -0.39 is 35.5 Å². The number of hydrogen-bond donors (Lipinski definition) is 0. The van der Waals surface area contributed by atoms with E-state index in [0.717, 1.165) is 0 Å². The minimum Gasteiger partial charge on any atom is -0.402 e. The zero-order valence-electron chi connectivity index (χ0n) is 9.92. The average molecular weight is 309 g/mol. The molecule has 0 radical (unpaired) electrons. The van der Waals surface area contributed by atoms with Gasteiger partial charge in [-0.05, 0) is 12.1 Å². The third-order valence-electron chi connectivity index (χ3n) is 2.42. The van der Waals surface area contributed by atoms with Crippen molar-refractivity contribution in [1.82, 2.24) is 0 Å². The van der Waals surface area contributed by atoms with Gasteiger partial charge in [-0.2, -0.15) is 26.3 Å². The van der Waals surface area contributed by atoms with Crippen LogP contribution < -0.4 is 0 Å². The van der Waals surface area contributed by atoms with Crippen LogP contribution in [0, 0.1) is 0 Å². The molecule has 0 saturated carbocycles. The number of cyclic esters (lactones) is 1. The Morgan fingerprint density at radius 3 is 1.95 bits per heavy atom. The van der Waals surface area contributed by atoms with Gasteiger partial charge in [0.05, 0.1) is 0 Å². The van der Waals surface area contributed by atoms with Crippen molar-refractivity contribution >= 4 is 11.9 Å². The summed E-state index contributed by atoms with van der Waals surface area (Å²) in [5.74, 6) is -2.40. The molecule has 0 saturated heterocycles. The van der Waals surface area contributed by atoms with Crippen LogP contribution in [0.3, 0.4) is 0 Å². The van der Waals surface area contributed by atoms with Gasteiger partial charge >= 0.3 is 18.3 Å². The van der Waals surface area contributed by atoms with Crippen LogP contribution in [0.15, 0.2) is 46.6 Å². The van der Waals surface area contributed by atoms with Crippen LogP contribution in [0.4, 0.5) is 26.3 Å². The molecule has 0 aromatic heterocycles. The first-order valence-electron chi connectivity index (χ1n) is 5.35. The third kappa shape index (κ3) is 3.06. The Kier molecular flexibility index (Phi) is 3.52. The highest BCUT2D eigenvalue weighted by atomic mass is 19.4. The highest BCUT2D eigenvalue weighted by molar-refractivity contribution is 6.11. The van der Waals surface area contributed by atoms with Crippen LogP contribution in [0.1, 0.15) is 5.56 Å². The molecule has 0 unspecified atom stereocenters. The summed E-state index contributed by atoms with van der Waals surface area (Å²) in [7, 11) is 0. The van der Waals surface area contributed by atoms with Crippen molar-refractivity contribution in [2.75, 3.05) is 0 Å². The minimum absolute atomic E-state index is 0.0875. The number of benzene rings is 1. The molecule has 0 atom stereocenters. The maximum absolute atomic E-state index is 12.5. The number of aliphatic imine (C=N–C) groups is 1. The molecular formula is C12H5F6NO2. The van der Waals surface area contributed by atoms with Gasteiger partial charge in [-0.25, -0.2) is 9.79 Å². The van der Waals surface area contributed by atoms with Gasteiger partial charge in [-0.3, -0.25) is 0 Å². The standard InChI is InChI=1S/C12H5F6NO2/c13-11(14,15)8(12(16,17)18)7-10(20)21-9(19-7)6-4-2-1-3-5-6/h1-5H. The SMILES string of the molecule is O=C1OC(c2ccccc2)=NC1=C(C(F)(F)F)C(F)(F)F. The molecule has 2 rings (SSSR count). The molecule has 112 valence electrons. The molecule has 1 aromatic rings. The summed E-state index contributed by atoms with van der Waals surface area (Å²) in [5.41, 5.74) is -4.69. The number of rotatable bonds is 1. The smallest absolute Gasteiger partial charge is 0.402 e. The molecule has 9 heteroatoms. The Morgan fingerprint density at radius 1 is 0.952 bits per heavy atom. The fraction of sp³-hybridized carbons (Fsp3) is 0.167. The Bertz CT molecular complexity index is 611. The molecule has 0 N–H and O–H groups in total. The average Bonchev–Trinajstić information content (AvgIpc) is 2.69. The summed E-state index contributed by atoms with van der Waals surface area (Å²) < 4.78 is 79.5. The first-order valence-corrected chi connectivity index (χ1v) is 5.35. The molecule has 0 bridgehead atoms. The topological polar surface area (TPSA) is 38.7 Å². The van der Waals surface area contributed by atoms with E-state index in [1.54, 1.807) is 6.07 Å². The van der Waals surface area contributed by atoms with Crippen LogP contribution in [0.2, 0.25) is 0 Å². The molecule has 0 aliphatic carbocycles. The van der Waals surface area contributed by atoms with Crippen molar-refractivity contribution in [2.24, 2.45) is 4.99 Å². The number of carbonyl (C=O) groups is 1. The van der Waals surface area contributed by atoms with Gasteiger partial charge in [0.25, 0.3) is 0 Å². The van der Waals surface area contributed by atoms with Crippen molar-refractivity contribution in [3.8, 4) is 0 Å². The lowest BCUT2D eigenvalue weighted by Gasteiger charge is -2.14. The lowest BCUT2D eigenvalue weighted by atomic mass is 10.2. The van der Waals surface area contributed by atoms with Crippen LogP contribution in [0.25, 0.3) is 0 Å². The molecule has 1 aromatic carbocycles. The minimum atomic E-state index is -5.78.